The first-order valence-electron chi connectivity index (χ1n) is 10.7. The van der Waals surface area contributed by atoms with Crippen LogP contribution < -0.4 is 5.32 Å². The lowest BCUT2D eigenvalue weighted by atomic mass is 9.85. The topological polar surface area (TPSA) is 89.5 Å². The minimum absolute atomic E-state index is 0.0241. The molecule has 3 aliphatic heterocycles. The molecule has 0 aromatic carbocycles. The van der Waals surface area contributed by atoms with E-state index in [1.165, 1.54) is 12.2 Å². The molecule has 3 aliphatic rings. The normalized spacial score (nSPS) is 35.1. The molecule has 0 bridgehead atoms. The monoisotopic (exact) mass is 421 g/mol. The SMILES string of the molecule is CC(C=C[C@@H]1C[C@]2(CO2)CC(C)(C)O1)=CCC1OCC(NC(=O)C=CC(C)O)CO1. The molecule has 3 atom stereocenters. The summed E-state index contributed by atoms with van der Waals surface area (Å²) in [6, 6.07) is -0.193. The van der Waals surface area contributed by atoms with Crippen molar-refractivity contribution in [2.24, 2.45) is 0 Å². The Bertz CT molecular complexity index is 678. The molecule has 0 aromatic heterocycles. The quantitative estimate of drug-likeness (QED) is 0.373. The molecular formula is C23H35NO6. The van der Waals surface area contributed by atoms with Crippen LogP contribution >= 0.6 is 0 Å². The standard InChI is InChI=1S/C23H35NO6/c1-16(5-8-19-11-23(15-29-23)14-22(3,4)30-19)6-10-21-27-12-18(13-28-21)24-20(26)9-7-17(2)25/h5-9,17-19,21,25H,10-15H2,1-4H3,(H,24,26)/t17?,18?,19-,21?,23-/m1/s1. The van der Waals surface area contributed by atoms with Crippen molar-refractivity contribution in [3.8, 4) is 0 Å². The van der Waals surface area contributed by atoms with Crippen LogP contribution in [0.5, 0.6) is 0 Å². The van der Waals surface area contributed by atoms with Gasteiger partial charge in [-0.1, -0.05) is 29.9 Å². The van der Waals surface area contributed by atoms with Gasteiger partial charge in [0, 0.05) is 25.3 Å². The molecule has 0 radical (unpaired) electrons. The van der Waals surface area contributed by atoms with E-state index in [1.54, 1.807) is 6.92 Å². The molecule has 3 rings (SSSR count). The summed E-state index contributed by atoms with van der Waals surface area (Å²) in [5.74, 6) is -0.265. The van der Waals surface area contributed by atoms with E-state index < -0.39 is 6.10 Å². The second-order valence-corrected chi connectivity index (χ2v) is 9.21. The smallest absolute Gasteiger partial charge is 0.244 e. The molecule has 1 spiro atoms. The summed E-state index contributed by atoms with van der Waals surface area (Å²) in [6.45, 7) is 9.52. The maximum absolute atomic E-state index is 11.7. The Hall–Kier alpha value is -1.51. The molecule has 7 heteroatoms. The molecule has 1 unspecified atom stereocenters. The van der Waals surface area contributed by atoms with E-state index in [9.17, 15) is 4.79 Å². The van der Waals surface area contributed by atoms with E-state index in [0.717, 1.165) is 25.0 Å². The second-order valence-electron chi connectivity index (χ2n) is 9.21. The number of carbonyl (C=O) groups excluding carboxylic acids is 1. The maximum Gasteiger partial charge on any atom is 0.244 e. The Morgan fingerprint density at radius 2 is 1.97 bits per heavy atom. The van der Waals surface area contributed by atoms with Crippen LogP contribution in [-0.2, 0) is 23.7 Å². The first-order valence-corrected chi connectivity index (χ1v) is 10.7. The number of hydrogen-bond acceptors (Lipinski definition) is 6. The summed E-state index contributed by atoms with van der Waals surface area (Å²) in [6.07, 6.45) is 10.6. The maximum atomic E-state index is 11.7. The Morgan fingerprint density at radius 1 is 1.27 bits per heavy atom. The van der Waals surface area contributed by atoms with Crippen LogP contribution in [0.15, 0.2) is 36.0 Å². The number of amides is 1. The molecule has 0 saturated carbocycles. The highest BCUT2D eigenvalue weighted by Gasteiger charge is 2.53. The summed E-state index contributed by atoms with van der Waals surface area (Å²) in [7, 11) is 0. The lowest BCUT2D eigenvalue weighted by Gasteiger charge is -2.38. The van der Waals surface area contributed by atoms with Crippen molar-refractivity contribution >= 4 is 5.91 Å². The average Bonchev–Trinajstić information content (AvgIpc) is 3.40. The van der Waals surface area contributed by atoms with Gasteiger partial charge in [-0.15, -0.1) is 0 Å². The third-order valence-electron chi connectivity index (χ3n) is 5.39. The molecule has 1 amide bonds. The molecule has 3 heterocycles. The Labute approximate surface area is 179 Å². The third-order valence-corrected chi connectivity index (χ3v) is 5.39. The van der Waals surface area contributed by atoms with Crippen molar-refractivity contribution in [3.63, 3.8) is 0 Å². The van der Waals surface area contributed by atoms with Gasteiger partial charge in [-0.2, -0.15) is 0 Å². The number of rotatable bonds is 7. The zero-order valence-electron chi connectivity index (χ0n) is 18.4. The summed E-state index contributed by atoms with van der Waals surface area (Å²) >= 11 is 0. The van der Waals surface area contributed by atoms with Crippen LogP contribution in [0.25, 0.3) is 0 Å². The van der Waals surface area contributed by atoms with E-state index in [1.807, 2.05) is 6.92 Å². The van der Waals surface area contributed by atoms with Crippen molar-refractivity contribution in [1.82, 2.24) is 5.32 Å². The largest absolute Gasteiger partial charge is 0.389 e. The molecule has 168 valence electrons. The van der Waals surface area contributed by atoms with Crippen LogP contribution in [0, 0.1) is 0 Å². The molecule has 3 saturated heterocycles. The Kier molecular flexibility index (Phi) is 7.52. The minimum Gasteiger partial charge on any atom is -0.389 e. The van der Waals surface area contributed by atoms with Gasteiger partial charge in [0.25, 0.3) is 0 Å². The van der Waals surface area contributed by atoms with E-state index in [2.05, 4.69) is 37.4 Å². The van der Waals surface area contributed by atoms with Crippen molar-refractivity contribution in [1.29, 1.82) is 0 Å². The van der Waals surface area contributed by atoms with Gasteiger partial charge in [0.15, 0.2) is 6.29 Å². The number of allylic oxidation sites excluding steroid dienone is 2. The number of nitrogens with one attached hydrogen (secondary N) is 1. The van der Waals surface area contributed by atoms with E-state index >= 15 is 0 Å². The highest BCUT2D eigenvalue weighted by atomic mass is 16.7. The molecule has 0 aromatic rings. The number of epoxide rings is 1. The fourth-order valence-electron chi connectivity index (χ4n) is 3.98. The number of ether oxygens (including phenoxy) is 4. The first kappa shape index (κ1) is 23.2. The molecular weight excluding hydrogens is 386 g/mol. The van der Waals surface area contributed by atoms with Crippen molar-refractivity contribution in [2.75, 3.05) is 19.8 Å². The van der Waals surface area contributed by atoms with Crippen LogP contribution in [0.4, 0.5) is 0 Å². The summed E-state index contributed by atoms with van der Waals surface area (Å²) in [4.78, 5) is 11.7. The van der Waals surface area contributed by atoms with E-state index in [4.69, 9.17) is 24.1 Å². The second kappa shape index (κ2) is 9.75. The molecule has 0 aliphatic carbocycles. The van der Waals surface area contributed by atoms with Gasteiger partial charge in [0.05, 0.1) is 49.3 Å². The number of hydrogen-bond donors (Lipinski definition) is 2. The Balaban J connectivity index is 1.39. The van der Waals surface area contributed by atoms with E-state index in [0.29, 0.717) is 19.6 Å². The van der Waals surface area contributed by atoms with E-state index in [-0.39, 0.29) is 35.5 Å². The van der Waals surface area contributed by atoms with Gasteiger partial charge >= 0.3 is 0 Å². The summed E-state index contributed by atoms with van der Waals surface area (Å²) < 4.78 is 23.3. The lowest BCUT2D eigenvalue weighted by molar-refractivity contribution is -0.187. The third kappa shape index (κ3) is 7.32. The number of aliphatic hydroxyl groups is 1. The van der Waals surface area contributed by atoms with Crippen LogP contribution in [0.3, 0.4) is 0 Å². The van der Waals surface area contributed by atoms with Crippen molar-refractivity contribution < 1.29 is 28.8 Å². The van der Waals surface area contributed by atoms with Crippen LogP contribution in [-0.4, -0.2) is 66.6 Å². The lowest BCUT2D eigenvalue weighted by Crippen LogP contribution is -2.46. The zero-order chi connectivity index (χ0) is 21.8. The summed E-state index contributed by atoms with van der Waals surface area (Å²) in [5, 5.41) is 12.0. The van der Waals surface area contributed by atoms with Gasteiger partial charge in [-0.05, 0) is 27.7 Å². The number of carbonyl (C=O) groups is 1. The predicted molar refractivity (Wildman–Crippen MR) is 113 cm³/mol. The van der Waals surface area contributed by atoms with Crippen molar-refractivity contribution in [2.45, 2.75) is 82.7 Å². The van der Waals surface area contributed by atoms with Crippen LogP contribution in [0.1, 0.15) is 47.0 Å². The fraction of sp³-hybridized carbons (Fsp3) is 0.696. The highest BCUT2D eigenvalue weighted by Crippen LogP contribution is 2.46. The van der Waals surface area contributed by atoms with Crippen LogP contribution in [0.2, 0.25) is 0 Å². The molecule has 7 nitrogen and oxygen atoms in total. The minimum atomic E-state index is -0.651. The predicted octanol–water partition coefficient (Wildman–Crippen LogP) is 2.40. The van der Waals surface area contributed by atoms with Gasteiger partial charge in [-0.3, -0.25) is 4.79 Å². The summed E-state index contributed by atoms with van der Waals surface area (Å²) in [5.41, 5.74) is 0.984. The van der Waals surface area contributed by atoms with Crippen molar-refractivity contribution in [3.05, 3.63) is 36.0 Å². The first-order chi connectivity index (χ1) is 14.1. The zero-order valence-corrected chi connectivity index (χ0v) is 18.4. The fourth-order valence-corrected chi connectivity index (χ4v) is 3.98. The van der Waals surface area contributed by atoms with Gasteiger partial charge < -0.3 is 29.4 Å². The molecule has 30 heavy (non-hydrogen) atoms. The Morgan fingerprint density at radius 3 is 2.60 bits per heavy atom. The average molecular weight is 422 g/mol. The van der Waals surface area contributed by atoms with Gasteiger partial charge in [0.2, 0.25) is 5.91 Å². The molecule has 3 fully saturated rings. The number of aliphatic hydroxyl groups excluding tert-OH is 1. The molecule has 2 N–H and O–H groups in total. The van der Waals surface area contributed by atoms with Gasteiger partial charge in [0.1, 0.15) is 0 Å². The van der Waals surface area contributed by atoms with Gasteiger partial charge in [-0.25, -0.2) is 0 Å². The highest BCUT2D eigenvalue weighted by molar-refractivity contribution is 5.87.